The average molecular weight is 419 g/mol. The van der Waals surface area contributed by atoms with Gasteiger partial charge in [-0.15, -0.1) is 0 Å². The van der Waals surface area contributed by atoms with Gasteiger partial charge in [0.25, 0.3) is 0 Å². The Morgan fingerprint density at radius 1 is 1.21 bits per heavy atom. The first kappa shape index (κ1) is 21.3. The van der Waals surface area contributed by atoms with Crippen molar-refractivity contribution in [1.82, 2.24) is 4.90 Å². The van der Waals surface area contributed by atoms with Gasteiger partial charge in [0.1, 0.15) is 5.75 Å². The van der Waals surface area contributed by atoms with Crippen LogP contribution in [0.2, 0.25) is 0 Å². The smallest absolute Gasteiger partial charge is 0.238 e. The van der Waals surface area contributed by atoms with Crippen molar-refractivity contribution >= 4 is 15.9 Å². The Morgan fingerprint density at radius 2 is 1.93 bits per heavy atom. The van der Waals surface area contributed by atoms with Crippen molar-refractivity contribution in [3.63, 3.8) is 0 Å². The van der Waals surface area contributed by atoms with Crippen molar-refractivity contribution in [1.29, 1.82) is 0 Å². The highest BCUT2D eigenvalue weighted by Gasteiger charge is 2.24. The van der Waals surface area contributed by atoms with E-state index < -0.39 is 10.0 Å². The minimum atomic E-state index is -3.75. The van der Waals surface area contributed by atoms with E-state index in [0.29, 0.717) is 13.1 Å². The van der Waals surface area contributed by atoms with E-state index in [0.717, 1.165) is 36.3 Å². The second-order valence-electron chi connectivity index (χ2n) is 7.09. The zero-order chi connectivity index (χ0) is 20.9. The van der Waals surface area contributed by atoms with Crippen LogP contribution in [-0.4, -0.2) is 45.6 Å². The minimum absolute atomic E-state index is 0.0263. The molecule has 1 amide bonds. The number of nitrogens with zero attached hydrogens (tertiary/aromatic N) is 1. The summed E-state index contributed by atoms with van der Waals surface area (Å²) in [5, 5.41) is 5.13. The highest BCUT2D eigenvalue weighted by molar-refractivity contribution is 7.89. The molecule has 1 aliphatic heterocycles. The van der Waals surface area contributed by atoms with Gasteiger partial charge in [-0.25, -0.2) is 13.6 Å². The lowest BCUT2D eigenvalue weighted by Crippen LogP contribution is -2.38. The molecule has 0 saturated carbocycles. The van der Waals surface area contributed by atoms with Gasteiger partial charge in [0.2, 0.25) is 15.9 Å². The molecule has 3 rings (SSSR count). The number of amides is 1. The second-order valence-corrected chi connectivity index (χ2v) is 8.65. The molecule has 0 bridgehead atoms. The quantitative estimate of drug-likeness (QED) is 0.708. The van der Waals surface area contributed by atoms with Gasteiger partial charge in [-0.3, -0.25) is 4.79 Å². The first-order chi connectivity index (χ1) is 13.9. The summed E-state index contributed by atoms with van der Waals surface area (Å²) in [4.78, 5) is 14.9. The third-order valence-electron chi connectivity index (χ3n) is 4.96. The number of ether oxygens (including phenoxy) is 2. The molecule has 29 heavy (non-hydrogen) atoms. The number of para-hydroxylation sites is 1. The summed E-state index contributed by atoms with van der Waals surface area (Å²) < 4.78 is 34.0. The molecule has 1 fully saturated rings. The number of benzene rings is 2. The van der Waals surface area contributed by atoms with Gasteiger partial charge in [-0.2, -0.15) is 0 Å². The van der Waals surface area contributed by atoms with Gasteiger partial charge in [-0.05, 0) is 36.6 Å². The van der Waals surface area contributed by atoms with Crippen molar-refractivity contribution in [2.24, 2.45) is 5.14 Å². The maximum Gasteiger partial charge on any atom is 0.238 e. The normalized spacial score (nSPS) is 16.6. The Kier molecular flexibility index (Phi) is 6.89. The summed E-state index contributed by atoms with van der Waals surface area (Å²) in [6.07, 6.45) is 2.11. The van der Waals surface area contributed by atoms with Gasteiger partial charge in [0.15, 0.2) is 0 Å². The number of methoxy groups -OCH3 is 1. The maximum absolute atomic E-state index is 13.1. The van der Waals surface area contributed by atoms with E-state index >= 15 is 0 Å². The third-order valence-corrected chi connectivity index (χ3v) is 5.89. The molecule has 1 aliphatic rings. The van der Waals surface area contributed by atoms with Crippen LogP contribution in [0.15, 0.2) is 53.4 Å². The van der Waals surface area contributed by atoms with Gasteiger partial charge in [-0.1, -0.05) is 30.3 Å². The van der Waals surface area contributed by atoms with E-state index in [1.807, 2.05) is 24.3 Å². The topological polar surface area (TPSA) is 98.9 Å². The van der Waals surface area contributed by atoms with Crippen LogP contribution in [0.5, 0.6) is 5.75 Å². The van der Waals surface area contributed by atoms with Crippen molar-refractivity contribution < 1.29 is 22.7 Å². The molecule has 0 aliphatic carbocycles. The number of sulfonamides is 1. The van der Waals surface area contributed by atoms with Crippen LogP contribution in [0.4, 0.5) is 0 Å². The number of rotatable bonds is 8. The summed E-state index contributed by atoms with van der Waals surface area (Å²) >= 11 is 0. The van der Waals surface area contributed by atoms with E-state index in [1.165, 1.54) is 12.1 Å². The van der Waals surface area contributed by atoms with E-state index in [4.69, 9.17) is 14.6 Å². The molecule has 0 aromatic heterocycles. The molecule has 1 saturated heterocycles. The van der Waals surface area contributed by atoms with Crippen LogP contribution in [0.25, 0.3) is 0 Å². The van der Waals surface area contributed by atoms with E-state index in [1.54, 1.807) is 24.1 Å². The number of hydrogen-bond donors (Lipinski definition) is 1. The SMILES string of the molecule is COc1ccccc1CN(CC1CCCO1)C(=O)Cc1ccc(S(N)(=O)=O)cc1. The summed E-state index contributed by atoms with van der Waals surface area (Å²) in [6.45, 7) is 1.64. The Morgan fingerprint density at radius 3 is 2.55 bits per heavy atom. The fraction of sp³-hybridized carbons (Fsp3) is 0.381. The van der Waals surface area contributed by atoms with Crippen LogP contribution < -0.4 is 9.88 Å². The Hall–Kier alpha value is -2.42. The zero-order valence-electron chi connectivity index (χ0n) is 16.4. The molecular formula is C21H26N2O5S. The van der Waals surface area contributed by atoms with Gasteiger partial charge in [0.05, 0.1) is 24.5 Å². The third kappa shape index (κ3) is 5.79. The predicted molar refractivity (Wildman–Crippen MR) is 109 cm³/mol. The summed E-state index contributed by atoms with van der Waals surface area (Å²) in [7, 11) is -2.15. The number of carbonyl (C=O) groups is 1. The number of nitrogens with two attached hydrogens (primary N) is 1. The van der Waals surface area contributed by atoms with Crippen LogP contribution in [0.1, 0.15) is 24.0 Å². The fourth-order valence-corrected chi connectivity index (χ4v) is 3.93. The first-order valence-corrected chi connectivity index (χ1v) is 11.0. The lowest BCUT2D eigenvalue weighted by molar-refractivity contribution is -0.132. The lowest BCUT2D eigenvalue weighted by Gasteiger charge is -2.26. The fourth-order valence-electron chi connectivity index (χ4n) is 3.41. The second kappa shape index (κ2) is 9.39. The summed E-state index contributed by atoms with van der Waals surface area (Å²) in [6, 6.07) is 13.7. The molecular weight excluding hydrogens is 392 g/mol. The maximum atomic E-state index is 13.1. The minimum Gasteiger partial charge on any atom is -0.496 e. The molecule has 2 aromatic carbocycles. The standard InChI is InChI=1S/C21H26N2O5S/c1-27-20-7-3-2-5-17(20)14-23(15-18-6-4-12-28-18)21(24)13-16-8-10-19(11-9-16)29(22,25)26/h2-3,5,7-11,18H,4,6,12-15H2,1H3,(H2,22,25,26). The van der Waals surface area contributed by atoms with Crippen LogP contribution in [0.3, 0.4) is 0 Å². The molecule has 1 atom stereocenters. The molecule has 1 unspecified atom stereocenters. The predicted octanol–water partition coefficient (Wildman–Crippen LogP) is 2.09. The van der Waals surface area contributed by atoms with Crippen LogP contribution in [-0.2, 0) is 32.5 Å². The lowest BCUT2D eigenvalue weighted by atomic mass is 10.1. The molecule has 7 nitrogen and oxygen atoms in total. The Balaban J connectivity index is 1.76. The van der Waals surface area contributed by atoms with Crippen molar-refractivity contribution in [3.05, 3.63) is 59.7 Å². The van der Waals surface area contributed by atoms with Gasteiger partial charge < -0.3 is 14.4 Å². The molecule has 8 heteroatoms. The molecule has 0 radical (unpaired) electrons. The van der Waals surface area contributed by atoms with E-state index in [-0.39, 0.29) is 23.3 Å². The highest BCUT2D eigenvalue weighted by atomic mass is 32.2. The highest BCUT2D eigenvalue weighted by Crippen LogP contribution is 2.22. The monoisotopic (exact) mass is 418 g/mol. The van der Waals surface area contributed by atoms with Crippen LogP contribution in [0, 0.1) is 0 Å². The van der Waals surface area contributed by atoms with E-state index in [9.17, 15) is 13.2 Å². The first-order valence-electron chi connectivity index (χ1n) is 9.50. The van der Waals surface area contributed by atoms with E-state index in [2.05, 4.69) is 0 Å². The molecule has 1 heterocycles. The number of primary sulfonamides is 1. The van der Waals surface area contributed by atoms with Crippen molar-refractivity contribution in [2.75, 3.05) is 20.3 Å². The number of hydrogen-bond acceptors (Lipinski definition) is 5. The van der Waals surface area contributed by atoms with Crippen molar-refractivity contribution in [3.8, 4) is 5.75 Å². The van der Waals surface area contributed by atoms with Crippen LogP contribution >= 0.6 is 0 Å². The van der Waals surface area contributed by atoms with Crippen molar-refractivity contribution in [2.45, 2.75) is 36.8 Å². The number of carbonyl (C=O) groups excluding carboxylic acids is 1. The Bertz CT molecular complexity index is 938. The molecule has 2 N–H and O–H groups in total. The largest absolute Gasteiger partial charge is 0.496 e. The zero-order valence-corrected chi connectivity index (χ0v) is 17.2. The Labute approximate surface area is 171 Å². The average Bonchev–Trinajstić information content (AvgIpc) is 3.21. The van der Waals surface area contributed by atoms with Gasteiger partial charge in [0, 0.05) is 25.3 Å². The van der Waals surface area contributed by atoms with Gasteiger partial charge >= 0.3 is 0 Å². The molecule has 0 spiro atoms. The molecule has 156 valence electrons. The molecule has 2 aromatic rings. The summed E-state index contributed by atoms with van der Waals surface area (Å²) in [5.74, 6) is 0.671. The summed E-state index contributed by atoms with van der Waals surface area (Å²) in [5.41, 5.74) is 1.64.